The minimum Gasteiger partial charge on any atom is -0.396 e. The van der Waals surface area contributed by atoms with Gasteiger partial charge in [-0.1, -0.05) is 0 Å². The summed E-state index contributed by atoms with van der Waals surface area (Å²) in [5.74, 6) is 0.449. The molecule has 1 aromatic heterocycles. The lowest BCUT2D eigenvalue weighted by Crippen LogP contribution is -2.05. The molecule has 72 valence electrons. The van der Waals surface area contributed by atoms with Crippen molar-refractivity contribution in [3.8, 4) is 0 Å². The molecule has 13 heavy (non-hydrogen) atoms. The summed E-state index contributed by atoms with van der Waals surface area (Å²) in [6.45, 7) is 4.39. The van der Waals surface area contributed by atoms with Crippen LogP contribution in [0.15, 0.2) is 0 Å². The number of thiazole rings is 1. The van der Waals surface area contributed by atoms with Gasteiger partial charge in [0.25, 0.3) is 0 Å². The molecule has 0 aliphatic heterocycles. The first-order valence-electron chi connectivity index (χ1n) is 4.52. The molecule has 1 aliphatic rings. The van der Waals surface area contributed by atoms with Crippen LogP contribution in [0.4, 0.5) is 5.13 Å². The molecule has 0 saturated heterocycles. The van der Waals surface area contributed by atoms with E-state index in [0.717, 1.165) is 17.2 Å². The molecule has 0 amide bonds. The van der Waals surface area contributed by atoms with Crippen LogP contribution in [-0.2, 0) is 0 Å². The van der Waals surface area contributed by atoms with Crippen LogP contribution in [0.1, 0.15) is 17.0 Å². The molecule has 3 nitrogen and oxygen atoms in total. The van der Waals surface area contributed by atoms with E-state index in [1.807, 2.05) is 6.92 Å². The molecule has 0 bridgehead atoms. The van der Waals surface area contributed by atoms with Crippen molar-refractivity contribution in [2.45, 2.75) is 26.3 Å². The maximum absolute atomic E-state index is 8.86. The van der Waals surface area contributed by atoms with Crippen molar-refractivity contribution >= 4 is 16.5 Å². The number of aryl methyl sites for hydroxylation is 2. The molecule has 1 heterocycles. The zero-order valence-electron chi connectivity index (χ0n) is 7.87. The molecule has 1 fully saturated rings. The minimum atomic E-state index is 0.293. The molecule has 0 unspecified atom stereocenters. The van der Waals surface area contributed by atoms with Crippen LogP contribution in [0.25, 0.3) is 0 Å². The molecule has 2 rings (SSSR count). The van der Waals surface area contributed by atoms with Crippen LogP contribution in [-0.4, -0.2) is 22.7 Å². The van der Waals surface area contributed by atoms with Gasteiger partial charge in [0.2, 0.25) is 0 Å². The Labute approximate surface area is 81.8 Å². The van der Waals surface area contributed by atoms with Gasteiger partial charge in [-0.05, 0) is 20.3 Å². The lowest BCUT2D eigenvalue weighted by atomic mass is 10.4. The summed E-state index contributed by atoms with van der Waals surface area (Å²) in [6.07, 6.45) is 1.08. The van der Waals surface area contributed by atoms with Gasteiger partial charge >= 0.3 is 0 Å². The molecule has 2 atom stereocenters. The molecule has 0 radical (unpaired) electrons. The van der Waals surface area contributed by atoms with Crippen molar-refractivity contribution in [2.24, 2.45) is 5.92 Å². The Morgan fingerprint density at radius 1 is 1.62 bits per heavy atom. The molecule has 1 saturated carbocycles. The quantitative estimate of drug-likeness (QED) is 0.774. The molecule has 1 aliphatic carbocycles. The van der Waals surface area contributed by atoms with Gasteiger partial charge in [-0.2, -0.15) is 0 Å². The number of rotatable bonds is 3. The number of hydrogen-bond acceptors (Lipinski definition) is 4. The predicted octanol–water partition coefficient (Wildman–Crippen LogP) is 1.55. The fourth-order valence-electron chi connectivity index (χ4n) is 1.32. The van der Waals surface area contributed by atoms with Crippen molar-refractivity contribution in [1.82, 2.24) is 4.98 Å². The highest BCUT2D eigenvalue weighted by atomic mass is 32.1. The molecular formula is C9H14N2OS. The highest BCUT2D eigenvalue weighted by Gasteiger charge is 2.36. The maximum Gasteiger partial charge on any atom is 0.183 e. The molecule has 2 N–H and O–H groups in total. The van der Waals surface area contributed by atoms with Crippen molar-refractivity contribution in [3.63, 3.8) is 0 Å². The van der Waals surface area contributed by atoms with Gasteiger partial charge in [-0.25, -0.2) is 4.98 Å². The summed E-state index contributed by atoms with van der Waals surface area (Å²) in [5, 5.41) is 13.2. The van der Waals surface area contributed by atoms with Gasteiger partial charge in [0.1, 0.15) is 0 Å². The summed E-state index contributed by atoms with van der Waals surface area (Å²) in [5.41, 5.74) is 1.11. The second-order valence-electron chi connectivity index (χ2n) is 3.59. The number of aliphatic hydroxyl groups is 1. The zero-order valence-corrected chi connectivity index (χ0v) is 8.69. The molecular weight excluding hydrogens is 184 g/mol. The average Bonchev–Trinajstić information content (AvgIpc) is 2.75. The second kappa shape index (κ2) is 3.27. The highest BCUT2D eigenvalue weighted by molar-refractivity contribution is 7.15. The van der Waals surface area contributed by atoms with E-state index in [1.165, 1.54) is 4.88 Å². The summed E-state index contributed by atoms with van der Waals surface area (Å²) in [6, 6.07) is 0.454. The monoisotopic (exact) mass is 198 g/mol. The normalized spacial score (nSPS) is 26.1. The van der Waals surface area contributed by atoms with Crippen molar-refractivity contribution in [3.05, 3.63) is 10.6 Å². The fourth-order valence-corrected chi connectivity index (χ4v) is 2.20. The van der Waals surface area contributed by atoms with Gasteiger partial charge in [-0.3, -0.25) is 0 Å². The minimum absolute atomic E-state index is 0.293. The molecule has 0 aromatic carbocycles. The first-order valence-corrected chi connectivity index (χ1v) is 5.33. The third-order valence-corrected chi connectivity index (χ3v) is 3.50. The van der Waals surface area contributed by atoms with E-state index in [9.17, 15) is 0 Å². The van der Waals surface area contributed by atoms with Crippen LogP contribution >= 0.6 is 11.3 Å². The number of hydrogen-bond donors (Lipinski definition) is 2. The highest BCUT2D eigenvalue weighted by Crippen LogP contribution is 2.34. The second-order valence-corrected chi connectivity index (χ2v) is 4.79. The van der Waals surface area contributed by atoms with Gasteiger partial charge in [0.05, 0.1) is 5.69 Å². The van der Waals surface area contributed by atoms with Crippen LogP contribution < -0.4 is 5.32 Å². The van der Waals surface area contributed by atoms with Crippen molar-refractivity contribution in [1.29, 1.82) is 0 Å². The van der Waals surface area contributed by atoms with E-state index in [-0.39, 0.29) is 0 Å². The Hall–Kier alpha value is -0.610. The Bertz CT molecular complexity index is 291. The summed E-state index contributed by atoms with van der Waals surface area (Å²) in [7, 11) is 0. The van der Waals surface area contributed by atoms with E-state index in [4.69, 9.17) is 5.11 Å². The lowest BCUT2D eigenvalue weighted by molar-refractivity contribution is 0.275. The Morgan fingerprint density at radius 2 is 2.38 bits per heavy atom. The molecule has 1 aromatic rings. The molecule has 4 heteroatoms. The smallest absolute Gasteiger partial charge is 0.183 e. The van der Waals surface area contributed by atoms with Crippen LogP contribution in [0.5, 0.6) is 0 Å². The van der Waals surface area contributed by atoms with Gasteiger partial charge in [0, 0.05) is 23.4 Å². The lowest BCUT2D eigenvalue weighted by Gasteiger charge is -1.98. The van der Waals surface area contributed by atoms with Gasteiger partial charge < -0.3 is 10.4 Å². The number of aromatic nitrogens is 1. The van der Waals surface area contributed by atoms with E-state index in [1.54, 1.807) is 11.3 Å². The number of anilines is 1. The van der Waals surface area contributed by atoms with Crippen molar-refractivity contribution < 1.29 is 5.11 Å². The standard InChI is InChI=1S/C9H14N2OS/c1-5-6(2)13-9(10-5)11-8-3-7(8)4-12/h7-8,12H,3-4H2,1-2H3,(H,10,11)/t7-,8+/m0/s1. The Morgan fingerprint density at radius 3 is 2.85 bits per heavy atom. The Kier molecular flexibility index (Phi) is 2.26. The number of nitrogens with one attached hydrogen (secondary N) is 1. The predicted molar refractivity (Wildman–Crippen MR) is 54.2 cm³/mol. The van der Waals surface area contributed by atoms with E-state index in [0.29, 0.717) is 18.6 Å². The summed E-state index contributed by atoms with van der Waals surface area (Å²) < 4.78 is 0. The summed E-state index contributed by atoms with van der Waals surface area (Å²) >= 11 is 1.69. The number of aliphatic hydroxyl groups excluding tert-OH is 1. The Balaban J connectivity index is 1.95. The van der Waals surface area contributed by atoms with Crippen LogP contribution in [0, 0.1) is 19.8 Å². The third kappa shape index (κ3) is 1.84. The van der Waals surface area contributed by atoms with Crippen molar-refractivity contribution in [2.75, 3.05) is 11.9 Å². The average molecular weight is 198 g/mol. The number of nitrogens with zero attached hydrogens (tertiary/aromatic N) is 1. The molecule has 0 spiro atoms. The van der Waals surface area contributed by atoms with Gasteiger partial charge in [-0.15, -0.1) is 11.3 Å². The SMILES string of the molecule is Cc1nc(N[C@@H]2C[C@H]2CO)sc1C. The third-order valence-electron chi connectivity index (χ3n) is 2.49. The first-order chi connectivity index (χ1) is 6.20. The first kappa shape index (κ1) is 8.97. The largest absolute Gasteiger partial charge is 0.396 e. The fraction of sp³-hybridized carbons (Fsp3) is 0.667. The van der Waals surface area contributed by atoms with Gasteiger partial charge in [0.15, 0.2) is 5.13 Å². The topological polar surface area (TPSA) is 45.2 Å². The van der Waals surface area contributed by atoms with Crippen LogP contribution in [0.3, 0.4) is 0 Å². The van der Waals surface area contributed by atoms with Crippen LogP contribution in [0.2, 0.25) is 0 Å². The van der Waals surface area contributed by atoms with E-state index < -0.39 is 0 Å². The van der Waals surface area contributed by atoms with E-state index in [2.05, 4.69) is 17.2 Å². The zero-order chi connectivity index (χ0) is 9.42. The maximum atomic E-state index is 8.86. The van der Waals surface area contributed by atoms with E-state index >= 15 is 0 Å². The summed E-state index contributed by atoms with van der Waals surface area (Å²) in [4.78, 5) is 5.65.